The van der Waals surface area contributed by atoms with Crippen LogP contribution >= 0.6 is 0 Å². The second-order valence-corrected chi connectivity index (χ2v) is 6.76. The third-order valence-corrected chi connectivity index (χ3v) is 4.72. The van der Waals surface area contributed by atoms with E-state index >= 15 is 0 Å². The van der Waals surface area contributed by atoms with Crippen molar-refractivity contribution in [1.29, 1.82) is 0 Å². The number of nitrogens with zero attached hydrogens (tertiary/aromatic N) is 2. The number of carbonyl (C=O) groups excluding carboxylic acids is 2. The molecule has 1 aromatic heterocycles. The zero-order chi connectivity index (χ0) is 20.5. The summed E-state index contributed by atoms with van der Waals surface area (Å²) in [5.41, 5.74) is 3.90. The van der Waals surface area contributed by atoms with Gasteiger partial charge in [-0.15, -0.1) is 0 Å². The molecule has 0 aliphatic carbocycles. The summed E-state index contributed by atoms with van der Waals surface area (Å²) >= 11 is 0. The fourth-order valence-corrected chi connectivity index (χ4v) is 3.24. The van der Waals surface area contributed by atoms with Gasteiger partial charge in [0.05, 0.1) is 11.0 Å². The molecule has 4 rings (SSSR count). The molecular formula is C22H17BFN3O2. The minimum absolute atomic E-state index is 0.0299. The number of nitrogens with one attached hydrogen (secondary N) is 1. The Bertz CT molecular complexity index is 1230. The lowest BCUT2D eigenvalue weighted by Gasteiger charge is -2.09. The van der Waals surface area contributed by atoms with E-state index in [2.05, 4.69) is 10.3 Å². The molecule has 0 spiro atoms. The van der Waals surface area contributed by atoms with Crippen LogP contribution in [0.25, 0.3) is 16.7 Å². The standard InChI is InChI=1S/C22H17BFN3O2/c1-13-25-19-11-4-15(12-20(19)27(13)18-9-5-16(24)6-10-18)22(29)26-17-7-2-14(3-8-17)21(23)28/h2-12H,23H2,1H3,(H,26,29). The highest BCUT2D eigenvalue weighted by molar-refractivity contribution is 6.62. The van der Waals surface area contributed by atoms with Crippen molar-refractivity contribution >= 4 is 36.2 Å². The van der Waals surface area contributed by atoms with Gasteiger partial charge in [0.1, 0.15) is 17.3 Å². The summed E-state index contributed by atoms with van der Waals surface area (Å²) < 4.78 is 15.2. The SMILES string of the molecule is BC(=O)c1ccc(NC(=O)c2ccc3nc(C)n(-c4ccc(F)cc4)c3c2)cc1. The molecule has 0 aliphatic rings. The van der Waals surface area contributed by atoms with E-state index in [4.69, 9.17) is 0 Å². The maximum atomic E-state index is 13.3. The number of aryl methyl sites for hydroxylation is 1. The van der Waals surface area contributed by atoms with Gasteiger partial charge >= 0.3 is 0 Å². The Morgan fingerprint density at radius 2 is 1.62 bits per heavy atom. The van der Waals surface area contributed by atoms with Crippen molar-refractivity contribution in [1.82, 2.24) is 9.55 Å². The predicted molar refractivity (Wildman–Crippen MR) is 113 cm³/mol. The van der Waals surface area contributed by atoms with Gasteiger partial charge in [0, 0.05) is 22.5 Å². The predicted octanol–water partition coefficient (Wildman–Crippen LogP) is 3.50. The van der Waals surface area contributed by atoms with E-state index in [0.717, 1.165) is 22.5 Å². The smallest absolute Gasteiger partial charge is 0.255 e. The molecule has 0 atom stereocenters. The number of hydrogen-bond acceptors (Lipinski definition) is 3. The Hall–Kier alpha value is -3.74. The van der Waals surface area contributed by atoms with E-state index in [1.165, 1.54) is 20.0 Å². The molecule has 4 aromatic rings. The van der Waals surface area contributed by atoms with Crippen molar-refractivity contribution in [3.8, 4) is 5.69 Å². The second-order valence-electron chi connectivity index (χ2n) is 6.76. The molecule has 0 radical (unpaired) electrons. The lowest BCUT2D eigenvalue weighted by Crippen LogP contribution is -2.12. The Morgan fingerprint density at radius 3 is 2.28 bits per heavy atom. The van der Waals surface area contributed by atoms with Gasteiger partial charge in [0.25, 0.3) is 5.91 Å². The number of aromatic nitrogens is 2. The lowest BCUT2D eigenvalue weighted by atomic mass is 9.95. The molecule has 5 nitrogen and oxygen atoms in total. The van der Waals surface area contributed by atoms with Gasteiger partial charge in [-0.1, -0.05) is 12.1 Å². The maximum absolute atomic E-state index is 13.3. The first-order valence-electron chi connectivity index (χ1n) is 9.10. The largest absolute Gasteiger partial charge is 0.322 e. The first-order valence-corrected chi connectivity index (χ1v) is 9.10. The summed E-state index contributed by atoms with van der Waals surface area (Å²) in [7, 11) is 1.50. The van der Waals surface area contributed by atoms with Crippen LogP contribution in [0.3, 0.4) is 0 Å². The average molecular weight is 385 g/mol. The van der Waals surface area contributed by atoms with Crippen molar-refractivity contribution in [2.24, 2.45) is 0 Å². The number of rotatable bonds is 4. The average Bonchev–Trinajstić information content (AvgIpc) is 3.04. The third kappa shape index (κ3) is 3.67. The Balaban J connectivity index is 1.67. The number of benzene rings is 3. The Labute approximate surface area is 167 Å². The van der Waals surface area contributed by atoms with E-state index < -0.39 is 0 Å². The molecule has 1 amide bonds. The molecular weight excluding hydrogens is 368 g/mol. The summed E-state index contributed by atoms with van der Waals surface area (Å²) in [5.74, 6) is 0.155. The van der Waals surface area contributed by atoms with Crippen molar-refractivity contribution in [2.45, 2.75) is 6.92 Å². The fourth-order valence-electron chi connectivity index (χ4n) is 3.24. The second kappa shape index (κ2) is 7.35. The summed E-state index contributed by atoms with van der Waals surface area (Å²) in [6, 6.07) is 18.1. The zero-order valence-electron chi connectivity index (χ0n) is 15.9. The first-order chi connectivity index (χ1) is 13.9. The van der Waals surface area contributed by atoms with Crippen LogP contribution in [0.2, 0.25) is 0 Å². The van der Waals surface area contributed by atoms with Crippen LogP contribution in [0.4, 0.5) is 10.1 Å². The molecule has 0 unspecified atom stereocenters. The number of hydrogen-bond donors (Lipinski definition) is 1. The monoisotopic (exact) mass is 385 g/mol. The molecule has 29 heavy (non-hydrogen) atoms. The number of imidazole rings is 1. The van der Waals surface area contributed by atoms with Crippen molar-refractivity contribution in [3.63, 3.8) is 0 Å². The minimum Gasteiger partial charge on any atom is -0.322 e. The molecule has 0 saturated heterocycles. The Morgan fingerprint density at radius 1 is 0.966 bits per heavy atom. The molecule has 142 valence electrons. The Kier molecular flexibility index (Phi) is 4.72. The van der Waals surface area contributed by atoms with Gasteiger partial charge in [0.2, 0.25) is 0 Å². The highest BCUT2D eigenvalue weighted by Crippen LogP contribution is 2.23. The molecule has 1 heterocycles. The number of fused-ring (bicyclic) bond motifs is 1. The molecule has 7 heteroatoms. The van der Waals surface area contributed by atoms with Crippen molar-refractivity contribution < 1.29 is 14.0 Å². The van der Waals surface area contributed by atoms with Crippen LogP contribution in [0, 0.1) is 12.7 Å². The van der Waals surface area contributed by atoms with E-state index in [9.17, 15) is 14.0 Å². The van der Waals surface area contributed by atoms with Crippen molar-refractivity contribution in [3.05, 3.63) is 89.5 Å². The normalized spacial score (nSPS) is 10.8. The van der Waals surface area contributed by atoms with Crippen LogP contribution < -0.4 is 5.32 Å². The fraction of sp³-hybridized carbons (Fsp3) is 0.0455. The van der Waals surface area contributed by atoms with Gasteiger partial charge in [-0.25, -0.2) is 9.37 Å². The van der Waals surface area contributed by atoms with E-state index in [1.807, 2.05) is 11.5 Å². The summed E-state index contributed by atoms with van der Waals surface area (Å²) in [4.78, 5) is 28.6. The van der Waals surface area contributed by atoms with Gasteiger partial charge in [0.15, 0.2) is 7.85 Å². The quantitative estimate of drug-likeness (QED) is 0.547. The highest BCUT2D eigenvalue weighted by Gasteiger charge is 2.13. The summed E-state index contributed by atoms with van der Waals surface area (Å²) in [6.07, 6.45) is 0. The third-order valence-electron chi connectivity index (χ3n) is 4.72. The van der Waals surface area contributed by atoms with Crippen LogP contribution in [0.15, 0.2) is 66.7 Å². The molecule has 1 N–H and O–H groups in total. The molecule has 3 aromatic carbocycles. The van der Waals surface area contributed by atoms with E-state index in [-0.39, 0.29) is 17.4 Å². The summed E-state index contributed by atoms with van der Waals surface area (Å²) in [5, 5.41) is 2.83. The van der Waals surface area contributed by atoms with Crippen LogP contribution in [0.1, 0.15) is 26.5 Å². The van der Waals surface area contributed by atoms with E-state index in [0.29, 0.717) is 16.8 Å². The van der Waals surface area contributed by atoms with Crippen LogP contribution in [0.5, 0.6) is 0 Å². The summed E-state index contributed by atoms with van der Waals surface area (Å²) in [6.45, 7) is 1.86. The van der Waals surface area contributed by atoms with Gasteiger partial charge in [-0.3, -0.25) is 9.36 Å². The molecule has 0 aliphatic heterocycles. The van der Waals surface area contributed by atoms with Gasteiger partial charge in [-0.05, 0) is 61.5 Å². The van der Waals surface area contributed by atoms with E-state index in [1.54, 1.807) is 54.6 Å². The molecule has 0 bridgehead atoms. The molecule has 0 fully saturated rings. The van der Waals surface area contributed by atoms with Crippen LogP contribution in [-0.4, -0.2) is 29.0 Å². The first kappa shape index (κ1) is 18.6. The zero-order valence-corrected chi connectivity index (χ0v) is 15.9. The molecule has 0 saturated carbocycles. The number of halogens is 1. The number of carbonyl (C=O) groups is 2. The van der Waals surface area contributed by atoms with Crippen LogP contribution in [-0.2, 0) is 0 Å². The highest BCUT2D eigenvalue weighted by atomic mass is 19.1. The number of anilines is 1. The maximum Gasteiger partial charge on any atom is 0.255 e. The van der Waals surface area contributed by atoms with Gasteiger partial charge < -0.3 is 10.1 Å². The van der Waals surface area contributed by atoms with Crippen molar-refractivity contribution in [2.75, 3.05) is 5.32 Å². The lowest BCUT2D eigenvalue weighted by molar-refractivity contribution is 0.102. The van der Waals surface area contributed by atoms with Gasteiger partial charge in [-0.2, -0.15) is 0 Å². The topological polar surface area (TPSA) is 64.0 Å². The number of amides is 1. The minimum atomic E-state index is -0.313.